The lowest BCUT2D eigenvalue weighted by Crippen LogP contribution is -2.29. The highest BCUT2D eigenvalue weighted by Gasteiger charge is 2.19. The molecule has 0 fully saturated rings. The first-order valence-electron chi connectivity index (χ1n) is 8.91. The van der Waals surface area contributed by atoms with Gasteiger partial charge in [0, 0.05) is 6.54 Å². The van der Waals surface area contributed by atoms with Crippen molar-refractivity contribution in [3.05, 3.63) is 59.3 Å². The number of aromatic nitrogens is 1. The molecular weight excluding hydrogens is 378 g/mol. The van der Waals surface area contributed by atoms with Crippen LogP contribution in [0.15, 0.2) is 42.5 Å². The fraction of sp³-hybridized carbons (Fsp3) is 0.400. The van der Waals surface area contributed by atoms with Crippen molar-refractivity contribution in [3.8, 4) is 0 Å². The number of pyridine rings is 1. The number of rotatable bonds is 8. The maximum Gasteiger partial charge on any atom is 0.322 e. The van der Waals surface area contributed by atoms with Gasteiger partial charge in [0.2, 0.25) is 10.0 Å². The molecule has 152 valence electrons. The van der Waals surface area contributed by atoms with Gasteiger partial charge in [-0.2, -0.15) is 4.31 Å². The minimum absolute atomic E-state index is 0.0301. The number of anilines is 1. The molecule has 0 atom stereocenters. The number of sulfonamides is 1. The van der Waals surface area contributed by atoms with Crippen LogP contribution in [-0.2, 0) is 33.3 Å². The van der Waals surface area contributed by atoms with Gasteiger partial charge < -0.3 is 10.4 Å². The van der Waals surface area contributed by atoms with Crippen LogP contribution in [0.2, 0.25) is 0 Å². The number of aliphatic carboxylic acids is 1. The molecule has 8 heteroatoms. The summed E-state index contributed by atoms with van der Waals surface area (Å²) in [5, 5.41) is 11.4. The van der Waals surface area contributed by atoms with E-state index in [4.69, 9.17) is 5.11 Å². The summed E-state index contributed by atoms with van der Waals surface area (Å²) >= 11 is 0. The van der Waals surface area contributed by atoms with Gasteiger partial charge in [-0.05, 0) is 28.7 Å². The fourth-order valence-electron chi connectivity index (χ4n) is 2.62. The van der Waals surface area contributed by atoms with Gasteiger partial charge in [-0.15, -0.1) is 0 Å². The number of carbonyl (C=O) groups is 1. The molecular formula is C20H27N3O4S. The standard InChI is InChI=1S/C20H27N3O4S/c1-20(2,3)16-10-8-15(9-11-16)13-23(28(4,26)27)14-17-6-5-7-18(22-17)21-12-19(24)25/h5-11H,12-14H2,1-4H3,(H,21,22)(H,24,25). The van der Waals surface area contributed by atoms with E-state index in [0.29, 0.717) is 11.5 Å². The summed E-state index contributed by atoms with van der Waals surface area (Å²) in [6.45, 7) is 6.46. The van der Waals surface area contributed by atoms with Crippen molar-refractivity contribution in [2.75, 3.05) is 18.1 Å². The molecule has 2 N–H and O–H groups in total. The molecule has 0 unspecified atom stereocenters. The summed E-state index contributed by atoms with van der Waals surface area (Å²) in [5.41, 5.74) is 2.63. The van der Waals surface area contributed by atoms with E-state index in [9.17, 15) is 13.2 Å². The smallest absolute Gasteiger partial charge is 0.322 e. The number of carboxylic acid groups (broad SMARTS) is 1. The van der Waals surface area contributed by atoms with E-state index in [1.807, 2.05) is 24.3 Å². The van der Waals surface area contributed by atoms with E-state index in [2.05, 4.69) is 31.1 Å². The maximum atomic E-state index is 12.3. The highest BCUT2D eigenvalue weighted by Crippen LogP contribution is 2.23. The van der Waals surface area contributed by atoms with E-state index < -0.39 is 16.0 Å². The summed E-state index contributed by atoms with van der Waals surface area (Å²) in [4.78, 5) is 15.0. The zero-order chi connectivity index (χ0) is 20.9. The molecule has 7 nitrogen and oxygen atoms in total. The molecule has 0 bridgehead atoms. The van der Waals surface area contributed by atoms with E-state index in [0.717, 1.165) is 5.56 Å². The van der Waals surface area contributed by atoms with Crippen LogP contribution in [0.3, 0.4) is 0 Å². The summed E-state index contributed by atoms with van der Waals surface area (Å²) in [6, 6.07) is 13.0. The van der Waals surface area contributed by atoms with Crippen LogP contribution in [0.1, 0.15) is 37.6 Å². The Labute approximate surface area is 166 Å². The van der Waals surface area contributed by atoms with Crippen molar-refractivity contribution in [2.45, 2.75) is 39.3 Å². The number of hydrogen-bond acceptors (Lipinski definition) is 5. The average molecular weight is 406 g/mol. The van der Waals surface area contributed by atoms with E-state index >= 15 is 0 Å². The predicted octanol–water partition coefficient (Wildman–Crippen LogP) is 2.84. The van der Waals surface area contributed by atoms with Crippen molar-refractivity contribution in [3.63, 3.8) is 0 Å². The molecule has 0 radical (unpaired) electrons. The van der Waals surface area contributed by atoms with Crippen molar-refractivity contribution in [2.24, 2.45) is 0 Å². The van der Waals surface area contributed by atoms with Crippen LogP contribution < -0.4 is 5.32 Å². The number of nitrogens with zero attached hydrogens (tertiary/aromatic N) is 2. The highest BCUT2D eigenvalue weighted by molar-refractivity contribution is 7.88. The Morgan fingerprint density at radius 3 is 2.29 bits per heavy atom. The van der Waals surface area contributed by atoms with Gasteiger partial charge in [-0.1, -0.05) is 51.1 Å². The molecule has 1 aromatic carbocycles. The van der Waals surface area contributed by atoms with Crippen molar-refractivity contribution >= 4 is 21.8 Å². The van der Waals surface area contributed by atoms with Crippen LogP contribution in [0.25, 0.3) is 0 Å². The second kappa shape index (κ2) is 8.70. The normalized spacial score (nSPS) is 12.2. The van der Waals surface area contributed by atoms with Crippen LogP contribution in [0.5, 0.6) is 0 Å². The Balaban J connectivity index is 2.17. The first-order chi connectivity index (χ1) is 12.9. The lowest BCUT2D eigenvalue weighted by Gasteiger charge is -2.22. The van der Waals surface area contributed by atoms with Gasteiger partial charge >= 0.3 is 5.97 Å². The number of carboxylic acids is 1. The van der Waals surface area contributed by atoms with Crippen molar-refractivity contribution in [1.29, 1.82) is 0 Å². The van der Waals surface area contributed by atoms with E-state index in [-0.39, 0.29) is 25.0 Å². The maximum absolute atomic E-state index is 12.3. The molecule has 0 amide bonds. The van der Waals surface area contributed by atoms with Crippen LogP contribution in [-0.4, -0.2) is 41.6 Å². The zero-order valence-corrected chi connectivity index (χ0v) is 17.5. The van der Waals surface area contributed by atoms with E-state index in [1.165, 1.54) is 16.1 Å². The van der Waals surface area contributed by atoms with Gasteiger partial charge in [0.25, 0.3) is 0 Å². The molecule has 2 aromatic rings. The second-order valence-electron chi connectivity index (χ2n) is 7.74. The minimum Gasteiger partial charge on any atom is -0.480 e. The Kier molecular flexibility index (Phi) is 6.79. The molecule has 0 saturated heterocycles. The highest BCUT2D eigenvalue weighted by atomic mass is 32.2. The van der Waals surface area contributed by atoms with Crippen LogP contribution in [0, 0.1) is 0 Å². The van der Waals surface area contributed by atoms with Gasteiger partial charge in [0.1, 0.15) is 12.4 Å². The summed E-state index contributed by atoms with van der Waals surface area (Å²) in [7, 11) is -3.46. The topological polar surface area (TPSA) is 99.6 Å². The molecule has 0 spiro atoms. The van der Waals surface area contributed by atoms with Crippen molar-refractivity contribution in [1.82, 2.24) is 9.29 Å². The van der Waals surface area contributed by atoms with Gasteiger partial charge in [-0.25, -0.2) is 13.4 Å². The molecule has 0 saturated carbocycles. The third-order valence-corrected chi connectivity index (χ3v) is 5.41. The molecule has 1 aromatic heterocycles. The lowest BCUT2D eigenvalue weighted by molar-refractivity contribution is -0.134. The first kappa shape index (κ1) is 21.8. The Morgan fingerprint density at radius 2 is 1.75 bits per heavy atom. The predicted molar refractivity (Wildman–Crippen MR) is 110 cm³/mol. The molecule has 1 heterocycles. The van der Waals surface area contributed by atoms with Crippen LogP contribution in [0.4, 0.5) is 5.82 Å². The second-order valence-corrected chi connectivity index (χ2v) is 9.72. The lowest BCUT2D eigenvalue weighted by atomic mass is 9.87. The van der Waals surface area contributed by atoms with Gasteiger partial charge in [0.15, 0.2) is 0 Å². The SMILES string of the molecule is CC(C)(C)c1ccc(CN(Cc2cccc(NCC(=O)O)n2)S(C)(=O)=O)cc1. The van der Waals surface area contributed by atoms with Crippen LogP contribution >= 0.6 is 0 Å². The summed E-state index contributed by atoms with van der Waals surface area (Å²) in [6.07, 6.45) is 1.17. The summed E-state index contributed by atoms with van der Waals surface area (Å²) < 4.78 is 25.9. The Hall–Kier alpha value is -2.45. The molecule has 0 aliphatic carbocycles. The number of hydrogen-bond donors (Lipinski definition) is 2. The third kappa shape index (κ3) is 6.61. The van der Waals surface area contributed by atoms with Gasteiger partial charge in [-0.3, -0.25) is 4.79 Å². The molecule has 0 aliphatic rings. The quantitative estimate of drug-likeness (QED) is 0.701. The number of benzene rings is 1. The molecule has 2 rings (SSSR count). The minimum atomic E-state index is -3.46. The molecule has 28 heavy (non-hydrogen) atoms. The average Bonchev–Trinajstić information content (AvgIpc) is 2.59. The van der Waals surface area contributed by atoms with Crippen molar-refractivity contribution < 1.29 is 18.3 Å². The van der Waals surface area contributed by atoms with Gasteiger partial charge in [0.05, 0.1) is 18.5 Å². The van der Waals surface area contributed by atoms with E-state index in [1.54, 1.807) is 18.2 Å². The Bertz CT molecular complexity index is 919. The molecule has 0 aliphatic heterocycles. The fourth-order valence-corrected chi connectivity index (χ4v) is 3.37. The third-order valence-electron chi connectivity index (χ3n) is 4.21. The zero-order valence-electron chi connectivity index (χ0n) is 16.6. The Morgan fingerprint density at radius 1 is 1.11 bits per heavy atom. The first-order valence-corrected chi connectivity index (χ1v) is 10.8. The monoisotopic (exact) mass is 405 g/mol. The summed E-state index contributed by atoms with van der Waals surface area (Å²) in [5.74, 6) is -0.605. The number of nitrogens with one attached hydrogen (secondary N) is 1. The largest absolute Gasteiger partial charge is 0.480 e.